The summed E-state index contributed by atoms with van der Waals surface area (Å²) in [7, 11) is 2.45. The number of hydrogen-bond acceptors (Lipinski definition) is 2. The van der Waals surface area contributed by atoms with E-state index < -0.39 is 6.10 Å². The molecule has 0 fully saturated rings. The van der Waals surface area contributed by atoms with Gasteiger partial charge in [-0.15, -0.1) is 9.24 Å². The molecule has 1 heterocycles. The summed E-state index contributed by atoms with van der Waals surface area (Å²) in [5, 5.41) is 10.7. The minimum atomic E-state index is -0.469. The van der Waals surface area contributed by atoms with E-state index in [2.05, 4.69) is 14.2 Å². The number of aromatic nitrogens is 1. The first-order chi connectivity index (χ1) is 10.9. The molecule has 2 unspecified atom stereocenters. The third kappa shape index (κ3) is 5.69. The Bertz CT molecular complexity index is 665. The highest BCUT2D eigenvalue weighted by Crippen LogP contribution is 2.33. The van der Waals surface area contributed by atoms with Crippen LogP contribution in [-0.2, 0) is 6.42 Å². The molecule has 0 radical (unpaired) electrons. The van der Waals surface area contributed by atoms with Crippen molar-refractivity contribution < 1.29 is 9.50 Å². The first-order valence-corrected chi connectivity index (χ1v) is 8.80. The molecule has 1 N–H and O–H groups in total. The predicted octanol–water partition coefficient (Wildman–Crippen LogP) is 5.03. The quantitative estimate of drug-likeness (QED) is 0.600. The maximum atomic E-state index is 14.2. The fourth-order valence-corrected chi connectivity index (χ4v) is 2.86. The second-order valence-electron chi connectivity index (χ2n) is 4.89. The van der Waals surface area contributed by atoms with Gasteiger partial charge in [-0.3, -0.25) is 0 Å². The highest BCUT2D eigenvalue weighted by molar-refractivity contribution is 7.27. The molecule has 0 saturated heterocycles. The molecule has 1 aromatic carbocycles. The van der Waals surface area contributed by atoms with Crippen molar-refractivity contribution in [3.8, 4) is 11.1 Å². The van der Waals surface area contributed by atoms with Crippen molar-refractivity contribution in [3.05, 3.63) is 46.0 Å². The van der Waals surface area contributed by atoms with E-state index in [0.717, 1.165) is 5.30 Å². The predicted molar refractivity (Wildman–Crippen MR) is 100 cm³/mol. The molecule has 0 aliphatic carbocycles. The van der Waals surface area contributed by atoms with Gasteiger partial charge in [0.25, 0.3) is 0 Å². The molecule has 6 heteroatoms. The van der Waals surface area contributed by atoms with Crippen LogP contribution in [0, 0.1) is 5.82 Å². The Kier molecular flexibility index (Phi) is 8.42. The molecule has 0 amide bonds. The lowest BCUT2D eigenvalue weighted by molar-refractivity contribution is 0.185. The van der Waals surface area contributed by atoms with Gasteiger partial charge in [-0.05, 0) is 48.3 Å². The molecule has 2 rings (SSSR count). The standard InChI is InChI=1S/C15H15Cl2FNOP.C2H6/c1-8(20)2-4-11-12(7-14(16)19-15(11)17)10-5-3-9(21)6-13(10)18;1-2/h3,5-8,20H,2,4,21H2,1H3;1-2H3. The molecule has 2 nitrogen and oxygen atoms in total. The number of rotatable bonds is 4. The molecule has 126 valence electrons. The first kappa shape index (κ1) is 20.3. The minimum absolute atomic E-state index is 0.213. The second-order valence-corrected chi connectivity index (χ2v) is 6.30. The maximum absolute atomic E-state index is 14.2. The lowest BCUT2D eigenvalue weighted by Crippen LogP contribution is -2.05. The average molecular weight is 376 g/mol. The van der Waals surface area contributed by atoms with Gasteiger partial charge >= 0.3 is 0 Å². The van der Waals surface area contributed by atoms with Crippen LogP contribution in [-0.4, -0.2) is 16.2 Å². The molecule has 0 spiro atoms. The van der Waals surface area contributed by atoms with E-state index in [0.29, 0.717) is 29.5 Å². The number of halogens is 3. The van der Waals surface area contributed by atoms with E-state index in [4.69, 9.17) is 23.2 Å². The molecule has 0 aliphatic rings. The summed E-state index contributed by atoms with van der Waals surface area (Å²) in [6.07, 6.45) is 0.543. The summed E-state index contributed by atoms with van der Waals surface area (Å²) in [6.45, 7) is 5.70. The summed E-state index contributed by atoms with van der Waals surface area (Å²) < 4.78 is 14.2. The first-order valence-electron chi connectivity index (χ1n) is 7.47. The number of nitrogens with zero attached hydrogens (tertiary/aromatic N) is 1. The summed E-state index contributed by atoms with van der Waals surface area (Å²) in [5.41, 5.74) is 1.73. The normalized spacial score (nSPS) is 11.7. The number of pyridine rings is 1. The van der Waals surface area contributed by atoms with Crippen molar-refractivity contribution >= 4 is 37.7 Å². The van der Waals surface area contributed by atoms with Crippen molar-refractivity contribution in [1.82, 2.24) is 4.98 Å². The highest BCUT2D eigenvalue weighted by atomic mass is 35.5. The zero-order valence-corrected chi connectivity index (χ0v) is 16.1. The van der Waals surface area contributed by atoms with Gasteiger partial charge in [0, 0.05) is 5.56 Å². The zero-order chi connectivity index (χ0) is 17.6. The van der Waals surface area contributed by atoms with Crippen LogP contribution in [0.25, 0.3) is 11.1 Å². The van der Waals surface area contributed by atoms with Gasteiger partial charge in [-0.25, -0.2) is 9.37 Å². The molecule has 0 saturated carbocycles. The summed E-state index contributed by atoms with van der Waals surface area (Å²) in [5.74, 6) is -0.348. The highest BCUT2D eigenvalue weighted by Gasteiger charge is 2.16. The summed E-state index contributed by atoms with van der Waals surface area (Å²) >= 11 is 12.1. The fraction of sp³-hybridized carbons (Fsp3) is 0.353. The largest absolute Gasteiger partial charge is 0.393 e. The summed E-state index contributed by atoms with van der Waals surface area (Å²) in [4.78, 5) is 4.01. The van der Waals surface area contributed by atoms with E-state index in [1.54, 1.807) is 25.1 Å². The van der Waals surface area contributed by atoms with E-state index in [1.165, 1.54) is 6.07 Å². The molecular weight excluding hydrogens is 355 g/mol. The SMILES string of the molecule is CC.CC(O)CCc1c(-c2ccc(P)cc2F)cc(Cl)nc1Cl. The molecule has 2 atom stereocenters. The van der Waals surface area contributed by atoms with Crippen LogP contribution in [0.1, 0.15) is 32.8 Å². The van der Waals surface area contributed by atoms with Gasteiger partial charge in [0.05, 0.1) is 6.10 Å². The van der Waals surface area contributed by atoms with Gasteiger partial charge in [0.1, 0.15) is 16.1 Å². The zero-order valence-electron chi connectivity index (χ0n) is 13.4. The second kappa shape index (κ2) is 9.54. The monoisotopic (exact) mass is 375 g/mol. The van der Waals surface area contributed by atoms with E-state index >= 15 is 0 Å². The Morgan fingerprint density at radius 1 is 1.22 bits per heavy atom. The van der Waals surface area contributed by atoms with Gasteiger partial charge < -0.3 is 5.11 Å². The summed E-state index contributed by atoms with van der Waals surface area (Å²) in [6, 6.07) is 6.52. The molecule has 2 aromatic rings. The number of hydrogen-bond donors (Lipinski definition) is 1. The Balaban J connectivity index is 0.00000127. The molecule has 23 heavy (non-hydrogen) atoms. The van der Waals surface area contributed by atoms with Crippen LogP contribution in [0.2, 0.25) is 10.3 Å². The molecule has 0 bridgehead atoms. The third-order valence-electron chi connectivity index (χ3n) is 3.14. The van der Waals surface area contributed by atoms with Crippen molar-refractivity contribution in [3.63, 3.8) is 0 Å². The van der Waals surface area contributed by atoms with Crippen LogP contribution in [0.3, 0.4) is 0 Å². The van der Waals surface area contributed by atoms with Crippen LogP contribution in [0.15, 0.2) is 24.3 Å². The van der Waals surface area contributed by atoms with Crippen LogP contribution in [0.4, 0.5) is 4.39 Å². The van der Waals surface area contributed by atoms with Crippen molar-refractivity contribution in [2.45, 2.75) is 39.7 Å². The Labute approximate surface area is 149 Å². The Hall–Kier alpha value is -0.730. The van der Waals surface area contributed by atoms with Gasteiger partial charge in [0.2, 0.25) is 0 Å². The molecule has 0 aliphatic heterocycles. The van der Waals surface area contributed by atoms with E-state index in [1.807, 2.05) is 13.8 Å². The lowest BCUT2D eigenvalue weighted by atomic mass is 9.97. The van der Waals surface area contributed by atoms with Crippen molar-refractivity contribution in [2.24, 2.45) is 0 Å². The van der Waals surface area contributed by atoms with Crippen LogP contribution < -0.4 is 5.30 Å². The Morgan fingerprint density at radius 2 is 1.87 bits per heavy atom. The number of benzene rings is 1. The third-order valence-corrected chi connectivity index (χ3v) is 4.00. The fourth-order valence-electron chi connectivity index (χ4n) is 2.09. The topological polar surface area (TPSA) is 33.1 Å². The van der Waals surface area contributed by atoms with Crippen molar-refractivity contribution in [2.75, 3.05) is 0 Å². The maximum Gasteiger partial charge on any atom is 0.134 e. The number of aliphatic hydroxyl groups is 1. The van der Waals surface area contributed by atoms with Crippen LogP contribution in [0.5, 0.6) is 0 Å². The average Bonchev–Trinajstić information content (AvgIpc) is 2.47. The van der Waals surface area contributed by atoms with Crippen LogP contribution >= 0.6 is 32.4 Å². The smallest absolute Gasteiger partial charge is 0.134 e. The molecular formula is C17H21Cl2FNOP. The lowest BCUT2D eigenvalue weighted by Gasteiger charge is -2.14. The number of aliphatic hydroxyl groups excluding tert-OH is 1. The van der Waals surface area contributed by atoms with Gasteiger partial charge in [0.15, 0.2) is 0 Å². The van der Waals surface area contributed by atoms with Crippen molar-refractivity contribution in [1.29, 1.82) is 0 Å². The van der Waals surface area contributed by atoms with E-state index in [9.17, 15) is 9.50 Å². The van der Waals surface area contributed by atoms with Gasteiger partial charge in [-0.1, -0.05) is 49.2 Å². The Morgan fingerprint density at radius 3 is 2.43 bits per heavy atom. The molecule has 1 aromatic heterocycles. The van der Waals surface area contributed by atoms with E-state index in [-0.39, 0.29) is 16.1 Å². The van der Waals surface area contributed by atoms with Gasteiger partial charge in [-0.2, -0.15) is 0 Å². The minimum Gasteiger partial charge on any atom is -0.393 e.